The van der Waals surface area contributed by atoms with Gasteiger partial charge in [-0.05, 0) is 67.0 Å². The van der Waals surface area contributed by atoms with E-state index < -0.39 is 0 Å². The van der Waals surface area contributed by atoms with Crippen LogP contribution in [0.1, 0.15) is 43.9 Å². The fraction of sp³-hybridized carbons (Fsp3) is 0.435. The third-order valence-electron chi connectivity index (χ3n) is 5.52. The lowest BCUT2D eigenvalue weighted by Gasteiger charge is -2.22. The van der Waals surface area contributed by atoms with Crippen LogP contribution in [0.15, 0.2) is 30.3 Å². The average Bonchev–Trinajstić information content (AvgIpc) is 2.83. The van der Waals surface area contributed by atoms with Gasteiger partial charge in [-0.2, -0.15) is 0 Å². The van der Waals surface area contributed by atoms with E-state index >= 15 is 0 Å². The summed E-state index contributed by atoms with van der Waals surface area (Å²) in [5.41, 5.74) is 8.02. The van der Waals surface area contributed by atoms with E-state index in [-0.39, 0.29) is 11.2 Å². The zero-order valence-electron chi connectivity index (χ0n) is 16.5. The summed E-state index contributed by atoms with van der Waals surface area (Å²) in [5, 5.41) is 0. The van der Waals surface area contributed by atoms with Gasteiger partial charge in [-0.25, -0.2) is 13.5 Å². The molecule has 0 N–H and O–H groups in total. The van der Waals surface area contributed by atoms with Gasteiger partial charge in [0, 0.05) is 5.56 Å². The lowest BCUT2D eigenvalue weighted by atomic mass is 9.84. The van der Waals surface area contributed by atoms with E-state index in [1.54, 1.807) is 12.1 Å². The molecule has 0 saturated heterocycles. The SMILES string of the molecule is Cc1cc(F)ccc1-c1n(C)c2ccc(CC(C)(C)C)c3c2[n+]1CCC3. The standard InChI is InChI=1S/C23H28FN2/c1-15-13-17(24)9-10-18(15)22-25(5)20-11-8-16(14-23(2,3)4)19-7-6-12-26(22)21(19)20/h8-11,13H,6-7,12,14H2,1-5H3/q+1. The highest BCUT2D eigenvalue weighted by atomic mass is 19.1. The van der Waals surface area contributed by atoms with Crippen LogP contribution in [0, 0.1) is 18.2 Å². The lowest BCUT2D eigenvalue weighted by molar-refractivity contribution is -0.664. The molecule has 26 heavy (non-hydrogen) atoms. The van der Waals surface area contributed by atoms with Crippen molar-refractivity contribution >= 4 is 11.0 Å². The maximum atomic E-state index is 13.6. The molecule has 0 bridgehead atoms. The fourth-order valence-corrected chi connectivity index (χ4v) is 4.49. The summed E-state index contributed by atoms with van der Waals surface area (Å²) in [6.45, 7) is 9.94. The van der Waals surface area contributed by atoms with E-state index in [0.29, 0.717) is 0 Å². The maximum absolute atomic E-state index is 13.6. The Morgan fingerprint density at radius 3 is 2.62 bits per heavy atom. The van der Waals surface area contributed by atoms with E-state index in [9.17, 15) is 4.39 Å². The molecule has 0 unspecified atom stereocenters. The van der Waals surface area contributed by atoms with Gasteiger partial charge in [0.05, 0.1) is 19.2 Å². The molecule has 0 spiro atoms. The van der Waals surface area contributed by atoms with Gasteiger partial charge in [-0.15, -0.1) is 0 Å². The molecule has 1 aromatic heterocycles. The molecule has 3 heteroatoms. The van der Waals surface area contributed by atoms with E-state index in [1.165, 1.54) is 28.0 Å². The molecule has 2 nitrogen and oxygen atoms in total. The molecule has 1 aliphatic rings. The summed E-state index contributed by atoms with van der Waals surface area (Å²) in [5.74, 6) is 1.02. The molecule has 2 aromatic carbocycles. The van der Waals surface area contributed by atoms with Crippen molar-refractivity contribution in [3.63, 3.8) is 0 Å². The van der Waals surface area contributed by atoms with E-state index in [4.69, 9.17) is 0 Å². The van der Waals surface area contributed by atoms with Crippen LogP contribution < -0.4 is 4.57 Å². The number of imidazole rings is 1. The molecule has 0 fully saturated rings. The molecule has 3 aromatic rings. The summed E-state index contributed by atoms with van der Waals surface area (Å²) < 4.78 is 18.4. The van der Waals surface area contributed by atoms with Crippen LogP contribution in [-0.2, 0) is 26.4 Å². The quantitative estimate of drug-likeness (QED) is 0.567. The highest BCUT2D eigenvalue weighted by Gasteiger charge is 2.31. The summed E-state index contributed by atoms with van der Waals surface area (Å²) in [6.07, 6.45) is 3.40. The third kappa shape index (κ3) is 2.74. The van der Waals surface area contributed by atoms with Crippen molar-refractivity contribution in [2.45, 2.75) is 53.5 Å². The van der Waals surface area contributed by atoms with Crippen LogP contribution in [0.25, 0.3) is 22.4 Å². The number of nitrogens with zero attached hydrogens (tertiary/aromatic N) is 2. The van der Waals surface area contributed by atoms with Crippen molar-refractivity contribution in [1.82, 2.24) is 4.57 Å². The van der Waals surface area contributed by atoms with Crippen molar-refractivity contribution in [2.24, 2.45) is 12.5 Å². The number of aryl methyl sites for hydroxylation is 4. The van der Waals surface area contributed by atoms with Crippen molar-refractivity contribution in [3.8, 4) is 11.4 Å². The normalized spacial score (nSPS) is 14.2. The number of hydrogen-bond donors (Lipinski definition) is 0. The zero-order chi connectivity index (χ0) is 18.6. The van der Waals surface area contributed by atoms with Gasteiger partial charge in [0.15, 0.2) is 11.0 Å². The average molecular weight is 351 g/mol. The van der Waals surface area contributed by atoms with Gasteiger partial charge >= 0.3 is 0 Å². The molecule has 0 amide bonds. The van der Waals surface area contributed by atoms with E-state index in [1.807, 2.05) is 13.0 Å². The summed E-state index contributed by atoms with van der Waals surface area (Å²) in [7, 11) is 2.13. The number of benzene rings is 2. The fourth-order valence-electron chi connectivity index (χ4n) is 4.49. The van der Waals surface area contributed by atoms with Gasteiger partial charge in [0.2, 0.25) is 0 Å². The monoisotopic (exact) mass is 351 g/mol. The van der Waals surface area contributed by atoms with Crippen LogP contribution in [-0.4, -0.2) is 4.57 Å². The summed E-state index contributed by atoms with van der Waals surface area (Å²) in [4.78, 5) is 0. The van der Waals surface area contributed by atoms with Crippen LogP contribution in [0.2, 0.25) is 0 Å². The maximum Gasteiger partial charge on any atom is 0.289 e. The molecule has 136 valence electrons. The zero-order valence-corrected chi connectivity index (χ0v) is 16.5. The highest BCUT2D eigenvalue weighted by Crippen LogP contribution is 2.33. The largest absolute Gasteiger partial charge is 0.289 e. The Morgan fingerprint density at radius 1 is 1.15 bits per heavy atom. The Balaban J connectivity index is 2.00. The molecule has 0 radical (unpaired) electrons. The second-order valence-electron chi connectivity index (χ2n) is 8.91. The topological polar surface area (TPSA) is 8.81 Å². The first-order chi connectivity index (χ1) is 12.3. The van der Waals surface area contributed by atoms with Crippen molar-refractivity contribution in [2.75, 3.05) is 0 Å². The second-order valence-corrected chi connectivity index (χ2v) is 8.91. The van der Waals surface area contributed by atoms with Crippen LogP contribution >= 0.6 is 0 Å². The van der Waals surface area contributed by atoms with Gasteiger partial charge in [-0.1, -0.05) is 26.8 Å². The third-order valence-corrected chi connectivity index (χ3v) is 5.52. The smallest absolute Gasteiger partial charge is 0.226 e. The highest BCUT2D eigenvalue weighted by molar-refractivity contribution is 5.81. The van der Waals surface area contributed by atoms with Crippen molar-refractivity contribution in [3.05, 3.63) is 52.8 Å². The molecule has 0 saturated carbocycles. The lowest BCUT2D eigenvalue weighted by Crippen LogP contribution is -2.39. The first kappa shape index (κ1) is 17.3. The van der Waals surface area contributed by atoms with Crippen molar-refractivity contribution < 1.29 is 8.96 Å². The van der Waals surface area contributed by atoms with Crippen LogP contribution in [0.5, 0.6) is 0 Å². The molecule has 1 aliphatic heterocycles. The molecular formula is C23H28FN2+. The Labute approximate surface area is 155 Å². The Hall–Kier alpha value is -2.16. The van der Waals surface area contributed by atoms with Gasteiger partial charge in [-0.3, -0.25) is 0 Å². The minimum atomic E-state index is -0.170. The molecule has 4 rings (SSSR count). The minimum Gasteiger partial charge on any atom is -0.226 e. The Bertz CT molecular complexity index is 1010. The van der Waals surface area contributed by atoms with Crippen LogP contribution in [0.3, 0.4) is 0 Å². The molecular weight excluding hydrogens is 323 g/mol. The number of rotatable bonds is 2. The number of aromatic nitrogens is 2. The predicted octanol–water partition coefficient (Wildman–Crippen LogP) is 5.12. The van der Waals surface area contributed by atoms with Gasteiger partial charge in [0.25, 0.3) is 5.82 Å². The van der Waals surface area contributed by atoms with E-state index in [0.717, 1.165) is 36.9 Å². The predicted molar refractivity (Wildman–Crippen MR) is 105 cm³/mol. The summed E-state index contributed by atoms with van der Waals surface area (Å²) >= 11 is 0. The number of hydrogen-bond acceptors (Lipinski definition) is 0. The summed E-state index contributed by atoms with van der Waals surface area (Å²) in [6, 6.07) is 9.72. The second kappa shape index (κ2) is 5.94. The van der Waals surface area contributed by atoms with Gasteiger partial charge < -0.3 is 0 Å². The number of halogens is 1. The van der Waals surface area contributed by atoms with Gasteiger partial charge in [0.1, 0.15) is 5.82 Å². The molecule has 0 aliphatic carbocycles. The van der Waals surface area contributed by atoms with E-state index in [2.05, 4.69) is 49.1 Å². The molecule has 2 heterocycles. The minimum absolute atomic E-state index is 0.170. The Morgan fingerprint density at radius 2 is 1.92 bits per heavy atom. The van der Waals surface area contributed by atoms with Crippen LogP contribution in [0.4, 0.5) is 4.39 Å². The molecule has 0 atom stereocenters. The first-order valence-electron chi connectivity index (χ1n) is 9.56. The van der Waals surface area contributed by atoms with Crippen molar-refractivity contribution in [1.29, 1.82) is 0 Å². The Kier molecular flexibility index (Phi) is 3.94. The first-order valence-corrected chi connectivity index (χ1v) is 9.56.